The molecule has 0 aromatic carbocycles. The van der Waals surface area contributed by atoms with Gasteiger partial charge in [-0.05, 0) is 13.8 Å². The molecule has 86 valence electrons. The van der Waals surface area contributed by atoms with Gasteiger partial charge in [-0.15, -0.1) is 11.3 Å². The van der Waals surface area contributed by atoms with Gasteiger partial charge in [0.05, 0.1) is 10.7 Å². The Labute approximate surface area is 97.9 Å². The average Bonchev–Trinajstić information content (AvgIpc) is 2.83. The quantitative estimate of drug-likeness (QED) is 0.799. The molecule has 0 unspecified atom stereocenters. The van der Waals surface area contributed by atoms with E-state index in [9.17, 15) is 0 Å². The first-order chi connectivity index (χ1) is 7.75. The maximum absolute atomic E-state index is 4.61. The largest absolute Gasteiger partial charge is 0.311 e. The third-order valence-corrected chi connectivity index (χ3v) is 3.09. The number of thiazole rings is 1. The SMILES string of the molecule is Cc1nc(CCNCc2nonc2C)cs1. The fourth-order valence-corrected chi connectivity index (χ4v) is 2.00. The number of hydrogen-bond acceptors (Lipinski definition) is 6. The summed E-state index contributed by atoms with van der Waals surface area (Å²) in [7, 11) is 0. The Morgan fingerprint density at radius 1 is 1.38 bits per heavy atom. The second-order valence-electron chi connectivity index (χ2n) is 3.58. The van der Waals surface area contributed by atoms with Crippen LogP contribution in [0.1, 0.15) is 22.1 Å². The van der Waals surface area contributed by atoms with Crippen LogP contribution in [0.2, 0.25) is 0 Å². The van der Waals surface area contributed by atoms with Crippen LogP contribution in [0.5, 0.6) is 0 Å². The van der Waals surface area contributed by atoms with Gasteiger partial charge in [-0.25, -0.2) is 9.61 Å². The third-order valence-electron chi connectivity index (χ3n) is 2.26. The van der Waals surface area contributed by atoms with Crippen LogP contribution in [0.25, 0.3) is 0 Å². The third kappa shape index (κ3) is 2.86. The van der Waals surface area contributed by atoms with Gasteiger partial charge in [0.25, 0.3) is 0 Å². The summed E-state index contributed by atoms with van der Waals surface area (Å²) in [6, 6.07) is 0. The number of aryl methyl sites for hydroxylation is 2. The average molecular weight is 238 g/mol. The van der Waals surface area contributed by atoms with Gasteiger partial charge in [-0.1, -0.05) is 10.3 Å². The van der Waals surface area contributed by atoms with E-state index in [-0.39, 0.29) is 0 Å². The molecule has 0 aliphatic carbocycles. The highest BCUT2D eigenvalue weighted by atomic mass is 32.1. The Kier molecular flexibility index (Phi) is 3.63. The molecule has 2 aromatic rings. The van der Waals surface area contributed by atoms with E-state index in [0.717, 1.165) is 35.1 Å². The highest BCUT2D eigenvalue weighted by Gasteiger charge is 2.04. The monoisotopic (exact) mass is 238 g/mol. The van der Waals surface area contributed by atoms with Crippen LogP contribution in [0.15, 0.2) is 10.0 Å². The van der Waals surface area contributed by atoms with Gasteiger partial charge in [-0.2, -0.15) is 0 Å². The summed E-state index contributed by atoms with van der Waals surface area (Å²) in [5.41, 5.74) is 2.86. The molecule has 2 heterocycles. The molecule has 0 bridgehead atoms. The standard InChI is InChI=1S/C10H14N4OS/c1-7-10(14-15-13-7)5-11-4-3-9-6-16-8(2)12-9/h6,11H,3-5H2,1-2H3. The van der Waals surface area contributed by atoms with Gasteiger partial charge in [0.15, 0.2) is 0 Å². The summed E-state index contributed by atoms with van der Waals surface area (Å²) < 4.78 is 4.61. The van der Waals surface area contributed by atoms with Crippen LogP contribution in [0, 0.1) is 13.8 Å². The molecule has 0 saturated carbocycles. The second-order valence-corrected chi connectivity index (χ2v) is 4.64. The summed E-state index contributed by atoms with van der Waals surface area (Å²) in [4.78, 5) is 4.39. The highest BCUT2D eigenvalue weighted by Crippen LogP contribution is 2.07. The van der Waals surface area contributed by atoms with Crippen LogP contribution in [-0.4, -0.2) is 21.8 Å². The van der Waals surface area contributed by atoms with E-state index in [0.29, 0.717) is 6.54 Å². The van der Waals surface area contributed by atoms with Crippen LogP contribution < -0.4 is 5.32 Å². The van der Waals surface area contributed by atoms with E-state index in [2.05, 4.69) is 30.6 Å². The Morgan fingerprint density at radius 2 is 2.25 bits per heavy atom. The second kappa shape index (κ2) is 5.18. The lowest BCUT2D eigenvalue weighted by atomic mass is 10.3. The van der Waals surface area contributed by atoms with Crippen molar-refractivity contribution in [1.82, 2.24) is 20.6 Å². The van der Waals surface area contributed by atoms with E-state index in [4.69, 9.17) is 0 Å². The summed E-state index contributed by atoms with van der Waals surface area (Å²) >= 11 is 1.69. The van der Waals surface area contributed by atoms with Crippen molar-refractivity contribution in [3.05, 3.63) is 27.5 Å². The highest BCUT2D eigenvalue weighted by molar-refractivity contribution is 7.09. The molecule has 2 aromatic heterocycles. The molecular formula is C10H14N4OS. The molecule has 5 nitrogen and oxygen atoms in total. The van der Waals surface area contributed by atoms with E-state index >= 15 is 0 Å². The number of aromatic nitrogens is 3. The van der Waals surface area contributed by atoms with Gasteiger partial charge in [0, 0.05) is 24.9 Å². The molecule has 0 amide bonds. The Bertz CT molecular complexity index is 451. The first-order valence-corrected chi connectivity index (χ1v) is 6.03. The van der Waals surface area contributed by atoms with E-state index < -0.39 is 0 Å². The van der Waals surface area contributed by atoms with E-state index in [1.54, 1.807) is 11.3 Å². The number of hydrogen-bond donors (Lipinski definition) is 1. The van der Waals surface area contributed by atoms with Gasteiger partial charge >= 0.3 is 0 Å². The van der Waals surface area contributed by atoms with Gasteiger partial charge in [0.2, 0.25) is 0 Å². The Morgan fingerprint density at radius 3 is 2.88 bits per heavy atom. The normalized spacial score (nSPS) is 10.9. The van der Waals surface area contributed by atoms with Crippen molar-refractivity contribution in [2.45, 2.75) is 26.8 Å². The molecule has 16 heavy (non-hydrogen) atoms. The number of nitrogens with zero attached hydrogens (tertiary/aromatic N) is 3. The van der Waals surface area contributed by atoms with Crippen molar-refractivity contribution in [3.8, 4) is 0 Å². The zero-order chi connectivity index (χ0) is 11.4. The van der Waals surface area contributed by atoms with Crippen LogP contribution >= 0.6 is 11.3 Å². The van der Waals surface area contributed by atoms with Crippen LogP contribution in [0.4, 0.5) is 0 Å². The summed E-state index contributed by atoms with van der Waals surface area (Å²) in [6.07, 6.45) is 0.939. The predicted octanol–water partition coefficient (Wildman–Crippen LogP) is 1.48. The molecule has 1 N–H and O–H groups in total. The molecule has 0 saturated heterocycles. The molecule has 0 aliphatic rings. The first kappa shape index (κ1) is 11.2. The maximum atomic E-state index is 4.61. The summed E-state index contributed by atoms with van der Waals surface area (Å²) in [5, 5.41) is 14.0. The van der Waals surface area contributed by atoms with Gasteiger partial charge in [-0.3, -0.25) is 0 Å². The molecule has 2 rings (SSSR count). The van der Waals surface area contributed by atoms with Crippen molar-refractivity contribution < 1.29 is 4.63 Å². The predicted molar refractivity (Wildman–Crippen MR) is 61.3 cm³/mol. The van der Waals surface area contributed by atoms with E-state index in [1.807, 2.05) is 13.8 Å². The maximum Gasteiger partial charge on any atom is 0.121 e. The molecule has 0 atom stereocenters. The zero-order valence-electron chi connectivity index (χ0n) is 9.36. The van der Waals surface area contributed by atoms with Gasteiger partial charge < -0.3 is 5.32 Å². The van der Waals surface area contributed by atoms with E-state index in [1.165, 1.54) is 0 Å². The van der Waals surface area contributed by atoms with Gasteiger partial charge in [0.1, 0.15) is 11.4 Å². The van der Waals surface area contributed by atoms with Crippen LogP contribution in [-0.2, 0) is 13.0 Å². The summed E-state index contributed by atoms with van der Waals surface area (Å²) in [6.45, 7) is 5.48. The summed E-state index contributed by atoms with van der Waals surface area (Å²) in [5.74, 6) is 0. The minimum atomic E-state index is 0.693. The molecule has 0 radical (unpaired) electrons. The molecule has 0 spiro atoms. The molecule has 6 heteroatoms. The molecule has 0 aliphatic heterocycles. The Hall–Kier alpha value is -1.27. The minimum Gasteiger partial charge on any atom is -0.311 e. The number of nitrogens with one attached hydrogen (secondary N) is 1. The van der Waals surface area contributed by atoms with Crippen molar-refractivity contribution >= 4 is 11.3 Å². The topological polar surface area (TPSA) is 63.8 Å². The lowest BCUT2D eigenvalue weighted by Gasteiger charge is -2.00. The van der Waals surface area contributed by atoms with Crippen molar-refractivity contribution in [3.63, 3.8) is 0 Å². The van der Waals surface area contributed by atoms with Crippen LogP contribution in [0.3, 0.4) is 0 Å². The number of rotatable bonds is 5. The fourth-order valence-electron chi connectivity index (χ4n) is 1.36. The first-order valence-electron chi connectivity index (χ1n) is 5.15. The van der Waals surface area contributed by atoms with Crippen molar-refractivity contribution in [2.24, 2.45) is 0 Å². The van der Waals surface area contributed by atoms with Crippen molar-refractivity contribution in [1.29, 1.82) is 0 Å². The smallest absolute Gasteiger partial charge is 0.121 e. The molecule has 0 fully saturated rings. The molecular weight excluding hydrogens is 224 g/mol. The lowest BCUT2D eigenvalue weighted by molar-refractivity contribution is 0.300. The minimum absolute atomic E-state index is 0.693. The lowest BCUT2D eigenvalue weighted by Crippen LogP contribution is -2.17. The Balaban J connectivity index is 1.71. The zero-order valence-corrected chi connectivity index (χ0v) is 10.2. The fraction of sp³-hybridized carbons (Fsp3) is 0.500. The van der Waals surface area contributed by atoms with Crippen molar-refractivity contribution in [2.75, 3.05) is 6.54 Å².